The van der Waals surface area contributed by atoms with Crippen LogP contribution in [0.15, 0.2) is 24.3 Å². The SMILES string of the molecule is CC(F)(Cc1cccc(Cl)c1)C1CCNC1. The van der Waals surface area contributed by atoms with E-state index in [0.29, 0.717) is 11.4 Å². The highest BCUT2D eigenvalue weighted by Crippen LogP contribution is 2.31. The van der Waals surface area contributed by atoms with E-state index in [1.54, 1.807) is 6.92 Å². The summed E-state index contributed by atoms with van der Waals surface area (Å²) in [5.41, 5.74) is -0.168. The van der Waals surface area contributed by atoms with Crippen LogP contribution in [-0.2, 0) is 6.42 Å². The molecule has 1 heterocycles. The Morgan fingerprint density at radius 2 is 2.38 bits per heavy atom. The normalized spacial score (nSPS) is 24.3. The third-order valence-corrected chi connectivity index (χ3v) is 3.59. The molecule has 2 rings (SSSR count). The van der Waals surface area contributed by atoms with Gasteiger partial charge in [-0.3, -0.25) is 0 Å². The third-order valence-electron chi connectivity index (χ3n) is 3.35. The second kappa shape index (κ2) is 4.72. The minimum atomic E-state index is -1.14. The molecule has 16 heavy (non-hydrogen) atoms. The summed E-state index contributed by atoms with van der Waals surface area (Å²) in [6.07, 6.45) is 1.37. The van der Waals surface area contributed by atoms with E-state index in [1.165, 1.54) is 0 Å². The van der Waals surface area contributed by atoms with E-state index < -0.39 is 5.67 Å². The van der Waals surface area contributed by atoms with Crippen molar-refractivity contribution in [3.8, 4) is 0 Å². The number of hydrogen-bond donors (Lipinski definition) is 1. The van der Waals surface area contributed by atoms with E-state index in [9.17, 15) is 4.39 Å². The van der Waals surface area contributed by atoms with Crippen LogP contribution in [0.1, 0.15) is 18.9 Å². The molecule has 3 heteroatoms. The molecule has 1 aromatic rings. The molecule has 0 aromatic heterocycles. The molecule has 0 bridgehead atoms. The summed E-state index contributed by atoms with van der Waals surface area (Å²) in [5, 5.41) is 3.89. The van der Waals surface area contributed by atoms with Gasteiger partial charge in [0.2, 0.25) is 0 Å². The second-order valence-electron chi connectivity index (χ2n) is 4.77. The van der Waals surface area contributed by atoms with E-state index in [0.717, 1.165) is 25.1 Å². The zero-order valence-electron chi connectivity index (χ0n) is 9.47. The van der Waals surface area contributed by atoms with Crippen LogP contribution >= 0.6 is 11.6 Å². The smallest absolute Gasteiger partial charge is 0.116 e. The van der Waals surface area contributed by atoms with Crippen LogP contribution in [0.5, 0.6) is 0 Å². The number of nitrogens with one attached hydrogen (secondary N) is 1. The van der Waals surface area contributed by atoms with Crippen molar-refractivity contribution in [1.29, 1.82) is 0 Å². The van der Waals surface area contributed by atoms with Gasteiger partial charge in [-0.25, -0.2) is 4.39 Å². The van der Waals surface area contributed by atoms with Crippen molar-refractivity contribution in [2.24, 2.45) is 5.92 Å². The largest absolute Gasteiger partial charge is 0.316 e. The zero-order valence-corrected chi connectivity index (χ0v) is 10.2. The average molecular weight is 242 g/mol. The first-order chi connectivity index (χ1) is 7.58. The molecule has 2 unspecified atom stereocenters. The molecular weight excluding hydrogens is 225 g/mol. The minimum absolute atomic E-state index is 0.117. The van der Waals surface area contributed by atoms with Crippen LogP contribution in [0.4, 0.5) is 4.39 Å². The third kappa shape index (κ3) is 2.74. The van der Waals surface area contributed by atoms with Gasteiger partial charge in [-0.1, -0.05) is 23.7 Å². The molecule has 0 radical (unpaired) electrons. The number of alkyl halides is 1. The first-order valence-corrected chi connectivity index (χ1v) is 6.10. The number of halogens is 2. The first-order valence-electron chi connectivity index (χ1n) is 5.72. The van der Waals surface area contributed by atoms with E-state index in [2.05, 4.69) is 5.32 Å². The number of hydrogen-bond acceptors (Lipinski definition) is 1. The predicted molar refractivity (Wildman–Crippen MR) is 65.6 cm³/mol. The highest BCUT2D eigenvalue weighted by Gasteiger charge is 2.36. The summed E-state index contributed by atoms with van der Waals surface area (Å²) in [7, 11) is 0. The molecule has 1 fully saturated rings. The fraction of sp³-hybridized carbons (Fsp3) is 0.538. The molecule has 1 aromatic carbocycles. The van der Waals surface area contributed by atoms with Crippen molar-refractivity contribution in [2.75, 3.05) is 13.1 Å². The molecule has 0 spiro atoms. The van der Waals surface area contributed by atoms with Crippen LogP contribution < -0.4 is 5.32 Å². The van der Waals surface area contributed by atoms with Crippen molar-refractivity contribution >= 4 is 11.6 Å². The highest BCUT2D eigenvalue weighted by atomic mass is 35.5. The van der Waals surface area contributed by atoms with Gasteiger partial charge in [-0.05, 0) is 37.6 Å². The van der Waals surface area contributed by atoms with Gasteiger partial charge in [0.05, 0.1) is 0 Å². The Morgan fingerprint density at radius 1 is 1.56 bits per heavy atom. The quantitative estimate of drug-likeness (QED) is 0.857. The molecule has 1 nitrogen and oxygen atoms in total. The Labute approximate surface area is 101 Å². The van der Waals surface area contributed by atoms with Crippen LogP contribution in [-0.4, -0.2) is 18.8 Å². The number of benzene rings is 1. The lowest BCUT2D eigenvalue weighted by Gasteiger charge is -2.26. The monoisotopic (exact) mass is 241 g/mol. The highest BCUT2D eigenvalue weighted by molar-refractivity contribution is 6.30. The molecule has 1 N–H and O–H groups in total. The topological polar surface area (TPSA) is 12.0 Å². The fourth-order valence-corrected chi connectivity index (χ4v) is 2.57. The Bertz CT molecular complexity index is 359. The summed E-state index contributed by atoms with van der Waals surface area (Å²) in [4.78, 5) is 0. The van der Waals surface area contributed by atoms with Crippen molar-refractivity contribution < 1.29 is 4.39 Å². The Balaban J connectivity index is 2.07. The van der Waals surface area contributed by atoms with Crippen molar-refractivity contribution in [1.82, 2.24) is 5.32 Å². The average Bonchev–Trinajstić information content (AvgIpc) is 2.69. The molecule has 0 amide bonds. The number of rotatable bonds is 3. The van der Waals surface area contributed by atoms with Crippen molar-refractivity contribution in [2.45, 2.75) is 25.4 Å². The van der Waals surface area contributed by atoms with Crippen LogP contribution in [0, 0.1) is 5.92 Å². The van der Waals surface area contributed by atoms with Gasteiger partial charge in [-0.2, -0.15) is 0 Å². The van der Waals surface area contributed by atoms with Gasteiger partial charge in [0.1, 0.15) is 5.67 Å². The summed E-state index contributed by atoms with van der Waals surface area (Å²) in [6.45, 7) is 3.42. The maximum Gasteiger partial charge on any atom is 0.116 e. The molecule has 2 atom stereocenters. The van der Waals surface area contributed by atoms with Crippen LogP contribution in [0.25, 0.3) is 0 Å². The molecule has 1 aliphatic rings. The van der Waals surface area contributed by atoms with E-state index in [4.69, 9.17) is 11.6 Å². The first kappa shape index (κ1) is 11.9. The van der Waals surface area contributed by atoms with Gasteiger partial charge < -0.3 is 5.32 Å². The van der Waals surface area contributed by atoms with Gasteiger partial charge in [0.15, 0.2) is 0 Å². The van der Waals surface area contributed by atoms with Gasteiger partial charge in [0, 0.05) is 23.9 Å². The molecule has 88 valence electrons. The van der Waals surface area contributed by atoms with Crippen LogP contribution in [0.3, 0.4) is 0 Å². The maximum atomic E-state index is 14.5. The van der Waals surface area contributed by atoms with E-state index in [-0.39, 0.29) is 5.92 Å². The lowest BCUT2D eigenvalue weighted by Crippen LogP contribution is -2.33. The van der Waals surface area contributed by atoms with Gasteiger partial charge in [-0.15, -0.1) is 0 Å². The lowest BCUT2D eigenvalue weighted by molar-refractivity contribution is 0.113. The van der Waals surface area contributed by atoms with E-state index in [1.807, 2.05) is 24.3 Å². The van der Waals surface area contributed by atoms with Crippen molar-refractivity contribution in [3.05, 3.63) is 34.9 Å². The lowest BCUT2D eigenvalue weighted by atomic mass is 9.85. The maximum absolute atomic E-state index is 14.5. The minimum Gasteiger partial charge on any atom is -0.316 e. The molecule has 0 aliphatic carbocycles. The molecule has 1 aliphatic heterocycles. The summed E-state index contributed by atoms with van der Waals surface area (Å²) >= 11 is 5.90. The summed E-state index contributed by atoms with van der Waals surface area (Å²) < 4.78 is 14.5. The molecule has 1 saturated heterocycles. The Morgan fingerprint density at radius 3 is 3.00 bits per heavy atom. The molecule has 0 saturated carbocycles. The summed E-state index contributed by atoms with van der Waals surface area (Å²) in [5.74, 6) is 0.117. The van der Waals surface area contributed by atoms with Gasteiger partial charge in [0.25, 0.3) is 0 Å². The Hall–Kier alpha value is -0.600. The van der Waals surface area contributed by atoms with E-state index >= 15 is 0 Å². The van der Waals surface area contributed by atoms with Gasteiger partial charge >= 0.3 is 0 Å². The Kier molecular flexibility index (Phi) is 3.50. The summed E-state index contributed by atoms with van der Waals surface area (Å²) in [6, 6.07) is 7.48. The van der Waals surface area contributed by atoms with Crippen molar-refractivity contribution in [3.63, 3.8) is 0 Å². The fourth-order valence-electron chi connectivity index (χ4n) is 2.36. The zero-order chi connectivity index (χ0) is 11.6. The second-order valence-corrected chi connectivity index (χ2v) is 5.21. The standard InChI is InChI=1S/C13H17ClFN/c1-13(15,11-5-6-16-9-11)8-10-3-2-4-12(14)7-10/h2-4,7,11,16H,5-6,8-9H2,1H3. The molecular formula is C13H17ClFN. The predicted octanol–water partition coefficient (Wildman–Crippen LogP) is 3.22. The van der Waals surface area contributed by atoms with Crippen LogP contribution in [0.2, 0.25) is 5.02 Å².